The number of carboxylic acids is 1. The number of hydrogen-bond acceptors (Lipinski definition) is 5. The van der Waals surface area contributed by atoms with Crippen molar-refractivity contribution >= 4 is 23.3 Å². The van der Waals surface area contributed by atoms with Crippen LogP contribution in [0.3, 0.4) is 0 Å². The van der Waals surface area contributed by atoms with Crippen LogP contribution in [-0.2, 0) is 4.79 Å². The number of ketones is 1. The highest BCUT2D eigenvalue weighted by molar-refractivity contribution is 5.99. The lowest BCUT2D eigenvalue weighted by Gasteiger charge is -2.20. The Bertz CT molecular complexity index is 1140. The summed E-state index contributed by atoms with van der Waals surface area (Å²) in [5, 5.41) is 10.5. The van der Waals surface area contributed by atoms with Crippen molar-refractivity contribution in [1.82, 2.24) is 5.01 Å². The maximum absolute atomic E-state index is 12.7. The second-order valence-electron chi connectivity index (χ2n) is 7.98. The number of Topliss-reactive ketones (excluding diaryl/α,β-unsaturated/α-hetero) is 1. The minimum atomic E-state index is -1.11. The Morgan fingerprint density at radius 1 is 0.909 bits per heavy atom. The Morgan fingerprint density at radius 2 is 1.48 bits per heavy atom. The van der Waals surface area contributed by atoms with E-state index < -0.39 is 17.8 Å². The number of nitrogen functional groups attached to an aromatic ring is 1. The topological polar surface area (TPSA) is 127 Å². The number of hydrazine groups is 1. The first-order valence-electron chi connectivity index (χ1n) is 10.6. The van der Waals surface area contributed by atoms with E-state index in [9.17, 15) is 19.5 Å². The molecule has 0 saturated carbocycles. The van der Waals surface area contributed by atoms with Crippen LogP contribution in [0.15, 0.2) is 72.8 Å². The molecule has 0 saturated heterocycles. The Morgan fingerprint density at radius 3 is 2.06 bits per heavy atom. The zero-order valence-electron chi connectivity index (χ0n) is 18.4. The van der Waals surface area contributed by atoms with Gasteiger partial charge in [-0.25, -0.2) is 5.84 Å². The molecule has 0 aliphatic heterocycles. The van der Waals surface area contributed by atoms with E-state index in [4.69, 9.17) is 11.6 Å². The quantitative estimate of drug-likeness (QED) is 0.151. The SMILES string of the molecule is Cc1ccc(-c2ccc(C(=O)CC(CCN(N)C(=O)c3ccccc3N)C(=O)O)cc2)cc1. The van der Waals surface area contributed by atoms with Gasteiger partial charge in [-0.15, -0.1) is 0 Å². The summed E-state index contributed by atoms with van der Waals surface area (Å²) >= 11 is 0. The average Bonchev–Trinajstić information content (AvgIpc) is 2.81. The molecule has 0 fully saturated rings. The zero-order chi connectivity index (χ0) is 24.0. The van der Waals surface area contributed by atoms with Gasteiger partial charge in [0, 0.05) is 24.2 Å². The van der Waals surface area contributed by atoms with Crippen molar-refractivity contribution in [1.29, 1.82) is 0 Å². The summed E-state index contributed by atoms with van der Waals surface area (Å²) in [6.07, 6.45) is -0.147. The summed E-state index contributed by atoms with van der Waals surface area (Å²) in [6.45, 7) is 1.99. The summed E-state index contributed by atoms with van der Waals surface area (Å²) in [5.41, 5.74) is 9.95. The second kappa shape index (κ2) is 10.6. The first kappa shape index (κ1) is 23.7. The van der Waals surface area contributed by atoms with E-state index in [2.05, 4.69) is 0 Å². The molecule has 5 N–H and O–H groups in total. The highest BCUT2D eigenvalue weighted by Gasteiger charge is 2.24. The minimum absolute atomic E-state index is 0.0240. The summed E-state index contributed by atoms with van der Waals surface area (Å²) < 4.78 is 0. The van der Waals surface area contributed by atoms with E-state index in [-0.39, 0.29) is 36.4 Å². The number of carbonyl (C=O) groups excluding carboxylic acids is 2. The van der Waals surface area contributed by atoms with Crippen molar-refractivity contribution in [3.05, 3.63) is 89.5 Å². The molecule has 3 aromatic rings. The number of anilines is 1. The first-order valence-corrected chi connectivity index (χ1v) is 10.6. The molecule has 0 heterocycles. The number of benzene rings is 3. The lowest BCUT2D eigenvalue weighted by atomic mass is 9.94. The Kier molecular flexibility index (Phi) is 7.58. The van der Waals surface area contributed by atoms with Crippen LogP contribution >= 0.6 is 0 Å². The highest BCUT2D eigenvalue weighted by atomic mass is 16.4. The van der Waals surface area contributed by atoms with Crippen LogP contribution in [0.4, 0.5) is 5.69 Å². The van der Waals surface area contributed by atoms with Crippen LogP contribution in [0.25, 0.3) is 11.1 Å². The van der Waals surface area contributed by atoms with Gasteiger partial charge in [0.15, 0.2) is 5.78 Å². The summed E-state index contributed by atoms with van der Waals surface area (Å²) in [7, 11) is 0. The number of carboxylic acid groups (broad SMARTS) is 1. The van der Waals surface area contributed by atoms with Crippen molar-refractivity contribution < 1.29 is 19.5 Å². The molecule has 1 atom stereocenters. The lowest BCUT2D eigenvalue weighted by Crippen LogP contribution is -2.40. The smallest absolute Gasteiger partial charge is 0.307 e. The molecule has 1 amide bonds. The fraction of sp³-hybridized carbons (Fsp3) is 0.192. The molecule has 7 heteroatoms. The van der Waals surface area contributed by atoms with Crippen molar-refractivity contribution in [3.8, 4) is 11.1 Å². The van der Waals surface area contributed by atoms with E-state index >= 15 is 0 Å². The maximum atomic E-state index is 12.7. The van der Waals surface area contributed by atoms with E-state index in [1.54, 1.807) is 36.4 Å². The van der Waals surface area contributed by atoms with Gasteiger partial charge in [0.25, 0.3) is 5.91 Å². The normalized spacial score (nSPS) is 11.6. The molecule has 0 spiro atoms. The number of rotatable bonds is 9. The van der Waals surface area contributed by atoms with Gasteiger partial charge in [0.1, 0.15) is 0 Å². The summed E-state index contributed by atoms with van der Waals surface area (Å²) in [6, 6.07) is 21.7. The summed E-state index contributed by atoms with van der Waals surface area (Å²) in [4.78, 5) is 36.9. The predicted octanol–water partition coefficient (Wildman–Crippen LogP) is 3.92. The third-order valence-corrected chi connectivity index (χ3v) is 5.54. The molecular formula is C26H27N3O4. The number of aryl methyl sites for hydroxylation is 1. The van der Waals surface area contributed by atoms with Crippen molar-refractivity contribution in [2.75, 3.05) is 12.3 Å². The number of amides is 1. The molecule has 0 aromatic heterocycles. The van der Waals surface area contributed by atoms with Gasteiger partial charge >= 0.3 is 5.97 Å². The molecule has 3 aromatic carbocycles. The van der Waals surface area contributed by atoms with Gasteiger partial charge in [-0.3, -0.25) is 19.4 Å². The second-order valence-corrected chi connectivity index (χ2v) is 7.98. The van der Waals surface area contributed by atoms with E-state index in [1.165, 1.54) is 0 Å². The number of nitrogens with two attached hydrogens (primary N) is 2. The Balaban J connectivity index is 1.61. The standard InChI is InChI=1S/C26H27N3O4/c1-17-6-8-18(9-7-17)19-10-12-20(13-11-19)24(30)16-21(26(32)33)14-15-29(28)25(31)22-4-2-3-5-23(22)27/h2-13,21H,14-16,27-28H2,1H3,(H,32,33). The van der Waals surface area contributed by atoms with Crippen LogP contribution in [0.2, 0.25) is 0 Å². The van der Waals surface area contributed by atoms with Gasteiger partial charge in [-0.2, -0.15) is 0 Å². The molecule has 0 aliphatic carbocycles. The lowest BCUT2D eigenvalue weighted by molar-refractivity contribution is -0.142. The monoisotopic (exact) mass is 445 g/mol. The van der Waals surface area contributed by atoms with Crippen molar-refractivity contribution in [2.45, 2.75) is 19.8 Å². The number of para-hydroxylation sites is 1. The van der Waals surface area contributed by atoms with Crippen molar-refractivity contribution in [2.24, 2.45) is 11.8 Å². The molecule has 0 radical (unpaired) electrons. The zero-order valence-corrected chi connectivity index (χ0v) is 18.4. The molecule has 7 nitrogen and oxygen atoms in total. The molecule has 170 valence electrons. The largest absolute Gasteiger partial charge is 0.481 e. The third-order valence-electron chi connectivity index (χ3n) is 5.54. The number of hydrogen-bond donors (Lipinski definition) is 3. The number of nitrogens with zero attached hydrogens (tertiary/aromatic N) is 1. The predicted molar refractivity (Wildman–Crippen MR) is 127 cm³/mol. The number of aliphatic carboxylic acids is 1. The molecule has 0 aliphatic rings. The highest BCUT2D eigenvalue weighted by Crippen LogP contribution is 2.22. The van der Waals surface area contributed by atoms with Gasteiger partial charge in [-0.05, 0) is 36.6 Å². The van der Waals surface area contributed by atoms with Crippen LogP contribution in [-0.4, -0.2) is 34.3 Å². The van der Waals surface area contributed by atoms with E-state index in [0.29, 0.717) is 5.56 Å². The Hall–Kier alpha value is -3.97. The molecular weight excluding hydrogens is 418 g/mol. The van der Waals surface area contributed by atoms with E-state index in [0.717, 1.165) is 21.7 Å². The van der Waals surface area contributed by atoms with Crippen LogP contribution in [0, 0.1) is 12.8 Å². The Labute approximate surface area is 192 Å². The minimum Gasteiger partial charge on any atom is -0.481 e. The molecule has 0 bridgehead atoms. The fourth-order valence-electron chi connectivity index (χ4n) is 3.49. The maximum Gasteiger partial charge on any atom is 0.307 e. The number of carbonyl (C=O) groups is 3. The van der Waals surface area contributed by atoms with E-state index in [1.807, 2.05) is 43.3 Å². The van der Waals surface area contributed by atoms with Crippen molar-refractivity contribution in [3.63, 3.8) is 0 Å². The fourth-order valence-corrected chi connectivity index (χ4v) is 3.49. The van der Waals surface area contributed by atoms with Gasteiger partial charge in [-0.1, -0.05) is 66.2 Å². The van der Waals surface area contributed by atoms with Crippen LogP contribution in [0.5, 0.6) is 0 Å². The summed E-state index contributed by atoms with van der Waals surface area (Å²) in [5.74, 6) is 2.98. The van der Waals surface area contributed by atoms with Gasteiger partial charge in [0.05, 0.1) is 11.5 Å². The van der Waals surface area contributed by atoms with Crippen LogP contribution < -0.4 is 11.6 Å². The third kappa shape index (κ3) is 6.05. The van der Waals surface area contributed by atoms with Crippen LogP contribution in [0.1, 0.15) is 39.1 Å². The first-order chi connectivity index (χ1) is 15.8. The molecule has 1 unspecified atom stereocenters. The molecule has 33 heavy (non-hydrogen) atoms. The van der Waals surface area contributed by atoms with Gasteiger partial charge in [0.2, 0.25) is 0 Å². The molecule has 3 rings (SSSR count). The van der Waals surface area contributed by atoms with Gasteiger partial charge < -0.3 is 10.8 Å². The average molecular weight is 446 g/mol.